The van der Waals surface area contributed by atoms with Crippen molar-refractivity contribution in [2.24, 2.45) is 5.14 Å². The van der Waals surface area contributed by atoms with Gasteiger partial charge >= 0.3 is 0 Å². The van der Waals surface area contributed by atoms with Gasteiger partial charge in [-0.1, -0.05) is 18.2 Å². The normalized spacial score (nSPS) is 11.1. The lowest BCUT2D eigenvalue weighted by Crippen LogP contribution is -2.15. The van der Waals surface area contributed by atoms with E-state index in [9.17, 15) is 13.2 Å². The van der Waals surface area contributed by atoms with Gasteiger partial charge in [0, 0.05) is 5.69 Å². The van der Waals surface area contributed by atoms with Crippen molar-refractivity contribution >= 4 is 21.6 Å². The number of sulfonamides is 1. The number of carbonyl (C=O) groups is 1. The number of benzene rings is 2. The van der Waals surface area contributed by atoms with Gasteiger partial charge in [-0.25, -0.2) is 13.6 Å². The molecule has 0 atom stereocenters. The van der Waals surface area contributed by atoms with Crippen LogP contribution in [0.3, 0.4) is 0 Å². The first-order valence-electron chi connectivity index (χ1n) is 8.15. The van der Waals surface area contributed by atoms with E-state index in [1.807, 2.05) is 30.3 Å². The molecule has 9 heteroatoms. The summed E-state index contributed by atoms with van der Waals surface area (Å²) >= 11 is 0. The standard InChI is InChI=1S/C19H18N2O6S/c1-25-16-9-7-13(11-18(16)28(20,23)24)21-19(22)17-10-8-15(27-17)12-26-14-5-3-2-4-6-14/h2-11H,12H2,1H3,(H,21,22)(H2,20,23,24). The number of hydrogen-bond acceptors (Lipinski definition) is 6. The first kappa shape index (κ1) is 19.5. The highest BCUT2D eigenvalue weighted by molar-refractivity contribution is 7.89. The van der Waals surface area contributed by atoms with Crippen LogP contribution in [-0.4, -0.2) is 21.4 Å². The maximum atomic E-state index is 12.4. The van der Waals surface area contributed by atoms with E-state index in [2.05, 4.69) is 5.32 Å². The molecule has 8 nitrogen and oxygen atoms in total. The number of carbonyl (C=O) groups excluding carboxylic acids is 1. The molecule has 146 valence electrons. The van der Waals surface area contributed by atoms with Crippen LogP contribution in [0.1, 0.15) is 16.3 Å². The predicted octanol–water partition coefficient (Wildman–Crippen LogP) is 2.77. The Hall–Kier alpha value is -3.30. The van der Waals surface area contributed by atoms with Crippen molar-refractivity contribution in [3.05, 3.63) is 72.2 Å². The molecule has 0 aliphatic rings. The second-order valence-electron chi connectivity index (χ2n) is 5.73. The van der Waals surface area contributed by atoms with Gasteiger partial charge in [0.2, 0.25) is 10.0 Å². The minimum Gasteiger partial charge on any atom is -0.495 e. The van der Waals surface area contributed by atoms with E-state index >= 15 is 0 Å². The molecule has 1 aromatic heterocycles. The Balaban J connectivity index is 1.69. The van der Waals surface area contributed by atoms with Gasteiger partial charge in [0.15, 0.2) is 5.76 Å². The van der Waals surface area contributed by atoms with Gasteiger partial charge in [0.05, 0.1) is 7.11 Å². The molecule has 0 radical (unpaired) electrons. The first-order valence-corrected chi connectivity index (χ1v) is 9.70. The molecular weight excluding hydrogens is 384 g/mol. The highest BCUT2D eigenvalue weighted by atomic mass is 32.2. The first-order chi connectivity index (χ1) is 13.4. The average Bonchev–Trinajstić information content (AvgIpc) is 3.16. The fourth-order valence-electron chi connectivity index (χ4n) is 2.42. The largest absolute Gasteiger partial charge is 0.495 e. The molecule has 0 aliphatic carbocycles. The van der Waals surface area contributed by atoms with E-state index in [1.165, 1.54) is 31.4 Å². The Morgan fingerprint density at radius 3 is 2.54 bits per heavy atom. The topological polar surface area (TPSA) is 121 Å². The number of nitrogens with one attached hydrogen (secondary N) is 1. The number of nitrogens with two attached hydrogens (primary N) is 1. The van der Waals surface area contributed by atoms with Crippen LogP contribution in [-0.2, 0) is 16.6 Å². The van der Waals surface area contributed by atoms with Gasteiger partial charge in [-0.05, 0) is 42.5 Å². The van der Waals surface area contributed by atoms with Crippen molar-refractivity contribution in [2.75, 3.05) is 12.4 Å². The van der Waals surface area contributed by atoms with E-state index in [0.29, 0.717) is 11.5 Å². The number of rotatable bonds is 7. The third kappa shape index (κ3) is 4.70. The molecule has 2 aromatic carbocycles. The second kappa shape index (κ2) is 8.15. The SMILES string of the molecule is COc1ccc(NC(=O)c2ccc(COc3ccccc3)o2)cc1S(N)(=O)=O. The fourth-order valence-corrected chi connectivity index (χ4v) is 3.14. The summed E-state index contributed by atoms with van der Waals surface area (Å²) in [7, 11) is -2.69. The van der Waals surface area contributed by atoms with Crippen molar-refractivity contribution in [1.29, 1.82) is 0 Å². The number of para-hydroxylation sites is 1. The van der Waals surface area contributed by atoms with Crippen LogP contribution < -0.4 is 19.9 Å². The van der Waals surface area contributed by atoms with E-state index < -0.39 is 15.9 Å². The third-order valence-corrected chi connectivity index (χ3v) is 4.67. The van der Waals surface area contributed by atoms with Gasteiger partial charge in [-0.15, -0.1) is 0 Å². The Labute approximate surface area is 161 Å². The summed E-state index contributed by atoms with van der Waals surface area (Å²) in [6.45, 7) is 0.162. The maximum Gasteiger partial charge on any atom is 0.291 e. The quantitative estimate of drug-likeness (QED) is 0.627. The number of amides is 1. The van der Waals surface area contributed by atoms with Crippen LogP contribution >= 0.6 is 0 Å². The van der Waals surface area contributed by atoms with E-state index in [1.54, 1.807) is 6.07 Å². The Morgan fingerprint density at radius 2 is 1.86 bits per heavy atom. The zero-order valence-corrected chi connectivity index (χ0v) is 15.7. The van der Waals surface area contributed by atoms with Crippen LogP contribution in [0.2, 0.25) is 0 Å². The highest BCUT2D eigenvalue weighted by Gasteiger charge is 2.18. The number of ether oxygens (including phenoxy) is 2. The zero-order valence-electron chi connectivity index (χ0n) is 14.9. The summed E-state index contributed by atoms with van der Waals surface area (Å²) in [4.78, 5) is 12.1. The predicted molar refractivity (Wildman–Crippen MR) is 102 cm³/mol. The monoisotopic (exact) mass is 402 g/mol. The second-order valence-corrected chi connectivity index (χ2v) is 7.26. The fraction of sp³-hybridized carbons (Fsp3) is 0.105. The lowest BCUT2D eigenvalue weighted by Gasteiger charge is -2.09. The highest BCUT2D eigenvalue weighted by Crippen LogP contribution is 2.26. The number of anilines is 1. The number of primary sulfonamides is 1. The zero-order chi connectivity index (χ0) is 20.1. The summed E-state index contributed by atoms with van der Waals surface area (Å²) < 4.78 is 39.3. The Kier molecular flexibility index (Phi) is 5.67. The Morgan fingerprint density at radius 1 is 1.11 bits per heavy atom. The summed E-state index contributed by atoms with van der Waals surface area (Å²) in [5.41, 5.74) is 0.230. The van der Waals surface area contributed by atoms with E-state index in [4.69, 9.17) is 19.0 Å². The Bertz CT molecular complexity index is 1080. The van der Waals surface area contributed by atoms with Crippen molar-refractivity contribution in [3.63, 3.8) is 0 Å². The van der Waals surface area contributed by atoms with Crippen LogP contribution in [0.15, 0.2) is 70.0 Å². The molecule has 0 bridgehead atoms. The van der Waals surface area contributed by atoms with E-state index in [0.717, 1.165) is 0 Å². The van der Waals surface area contributed by atoms with Gasteiger partial charge in [0.25, 0.3) is 5.91 Å². The van der Waals surface area contributed by atoms with Crippen LogP contribution in [0, 0.1) is 0 Å². The summed E-state index contributed by atoms with van der Waals surface area (Å²) in [6.07, 6.45) is 0. The molecule has 0 saturated heterocycles. The minimum absolute atomic E-state index is 0.0552. The van der Waals surface area contributed by atoms with Crippen LogP contribution in [0.5, 0.6) is 11.5 Å². The van der Waals surface area contributed by atoms with Gasteiger partial charge in [-0.2, -0.15) is 0 Å². The van der Waals surface area contributed by atoms with Crippen LogP contribution in [0.25, 0.3) is 0 Å². The van der Waals surface area contributed by atoms with Crippen molar-refractivity contribution in [2.45, 2.75) is 11.5 Å². The summed E-state index contributed by atoms with van der Waals surface area (Å²) in [6, 6.07) is 16.4. The molecule has 0 spiro atoms. The van der Waals surface area contributed by atoms with Gasteiger partial charge < -0.3 is 19.2 Å². The van der Waals surface area contributed by atoms with Gasteiger partial charge in [-0.3, -0.25) is 4.79 Å². The van der Waals surface area contributed by atoms with Gasteiger partial charge in [0.1, 0.15) is 28.8 Å². The summed E-state index contributed by atoms with van der Waals surface area (Å²) in [5, 5.41) is 7.74. The average molecular weight is 402 g/mol. The lowest BCUT2D eigenvalue weighted by molar-refractivity contribution is 0.0992. The molecule has 28 heavy (non-hydrogen) atoms. The van der Waals surface area contributed by atoms with Crippen molar-refractivity contribution in [1.82, 2.24) is 0 Å². The molecule has 3 rings (SSSR count). The van der Waals surface area contributed by atoms with Crippen molar-refractivity contribution in [3.8, 4) is 11.5 Å². The van der Waals surface area contributed by atoms with Crippen LogP contribution in [0.4, 0.5) is 5.69 Å². The smallest absolute Gasteiger partial charge is 0.291 e. The molecule has 0 saturated carbocycles. The van der Waals surface area contributed by atoms with Crippen molar-refractivity contribution < 1.29 is 27.1 Å². The molecule has 3 N–H and O–H groups in total. The lowest BCUT2D eigenvalue weighted by atomic mass is 10.3. The molecular formula is C19H18N2O6S. The maximum absolute atomic E-state index is 12.4. The molecule has 0 fully saturated rings. The number of furan rings is 1. The number of methoxy groups -OCH3 is 1. The number of hydrogen-bond donors (Lipinski definition) is 2. The summed E-state index contributed by atoms with van der Waals surface area (Å²) in [5.74, 6) is 0.739. The molecule has 1 heterocycles. The molecule has 1 amide bonds. The molecule has 3 aromatic rings. The molecule has 0 unspecified atom stereocenters. The minimum atomic E-state index is -4.01. The molecule has 0 aliphatic heterocycles. The van der Waals surface area contributed by atoms with E-state index in [-0.39, 0.29) is 28.7 Å². The third-order valence-electron chi connectivity index (χ3n) is 3.74.